The molecular formula is C27H26ClP. The van der Waals surface area contributed by atoms with Crippen molar-refractivity contribution in [3.63, 3.8) is 0 Å². The van der Waals surface area contributed by atoms with Crippen LogP contribution in [0, 0.1) is 0 Å². The largest absolute Gasteiger partial charge is 1.00 e. The highest BCUT2D eigenvalue weighted by atomic mass is 35.5. The minimum Gasteiger partial charge on any atom is -1.00 e. The summed E-state index contributed by atoms with van der Waals surface area (Å²) < 4.78 is 0. The third kappa shape index (κ3) is 4.01. The summed E-state index contributed by atoms with van der Waals surface area (Å²) in [6, 6.07) is 42.4. The molecule has 0 saturated carbocycles. The van der Waals surface area contributed by atoms with E-state index in [4.69, 9.17) is 0 Å². The van der Waals surface area contributed by atoms with E-state index in [1.54, 1.807) is 0 Å². The fourth-order valence-corrected chi connectivity index (χ4v) is 8.18. The Morgan fingerprint density at radius 1 is 0.448 bits per heavy atom. The first-order valence-corrected chi connectivity index (χ1v) is 11.7. The van der Waals surface area contributed by atoms with Gasteiger partial charge < -0.3 is 12.4 Å². The first-order chi connectivity index (χ1) is 13.7. The summed E-state index contributed by atoms with van der Waals surface area (Å²) in [6.45, 7) is 4.51. The highest BCUT2D eigenvalue weighted by Crippen LogP contribution is 2.54. The number of hydrogen-bond acceptors (Lipinski definition) is 0. The van der Waals surface area contributed by atoms with E-state index in [-0.39, 0.29) is 12.4 Å². The van der Waals surface area contributed by atoms with Crippen LogP contribution in [0.25, 0.3) is 0 Å². The lowest BCUT2D eigenvalue weighted by atomic mass is 10.0. The average Bonchev–Trinajstić information content (AvgIpc) is 2.77. The number of rotatable bonds is 5. The van der Waals surface area contributed by atoms with Crippen LogP contribution >= 0.6 is 7.26 Å². The number of hydrogen-bond donors (Lipinski definition) is 0. The Kier molecular flexibility index (Phi) is 6.91. The molecule has 0 saturated heterocycles. The van der Waals surface area contributed by atoms with Gasteiger partial charge in [-0.25, -0.2) is 0 Å². The van der Waals surface area contributed by atoms with Crippen LogP contribution in [-0.2, 0) is 0 Å². The molecule has 4 aromatic carbocycles. The molecule has 4 rings (SSSR count). The molecule has 0 radical (unpaired) electrons. The van der Waals surface area contributed by atoms with E-state index in [0.717, 1.165) is 0 Å². The first kappa shape index (κ1) is 21.3. The van der Waals surface area contributed by atoms with E-state index < -0.39 is 7.26 Å². The van der Waals surface area contributed by atoms with Crippen LogP contribution in [0.5, 0.6) is 0 Å². The van der Waals surface area contributed by atoms with Gasteiger partial charge in [0.05, 0.1) is 0 Å². The van der Waals surface area contributed by atoms with Gasteiger partial charge in [0.1, 0.15) is 28.5 Å². The van der Waals surface area contributed by atoms with Crippen LogP contribution in [0.15, 0.2) is 115 Å². The van der Waals surface area contributed by atoms with Gasteiger partial charge in [0.15, 0.2) is 0 Å². The fraction of sp³-hybridized carbons (Fsp3) is 0.111. The molecule has 0 nitrogen and oxygen atoms in total. The van der Waals surface area contributed by atoms with Crippen LogP contribution in [0.3, 0.4) is 0 Å². The van der Waals surface area contributed by atoms with Crippen molar-refractivity contribution in [1.29, 1.82) is 0 Å². The molecule has 0 aliphatic heterocycles. The lowest BCUT2D eigenvalue weighted by Gasteiger charge is -2.27. The molecule has 0 unspecified atom stereocenters. The molecule has 0 atom stereocenters. The monoisotopic (exact) mass is 416 g/mol. The molecule has 4 aromatic rings. The second-order valence-electron chi connectivity index (χ2n) is 7.42. The Bertz CT molecular complexity index is 914. The van der Waals surface area contributed by atoms with E-state index in [1.165, 1.54) is 26.8 Å². The molecule has 0 aliphatic rings. The topological polar surface area (TPSA) is 0 Å². The lowest BCUT2D eigenvalue weighted by Crippen LogP contribution is -3.00. The maximum atomic E-state index is 2.36. The van der Waals surface area contributed by atoms with Crippen molar-refractivity contribution >= 4 is 28.5 Å². The second kappa shape index (κ2) is 9.40. The Labute approximate surface area is 181 Å². The van der Waals surface area contributed by atoms with Crippen LogP contribution in [0.4, 0.5) is 0 Å². The van der Waals surface area contributed by atoms with Gasteiger partial charge in [0.2, 0.25) is 0 Å². The summed E-state index contributed by atoms with van der Waals surface area (Å²) >= 11 is 0. The van der Waals surface area contributed by atoms with E-state index in [0.29, 0.717) is 5.92 Å². The molecule has 0 heterocycles. The van der Waals surface area contributed by atoms with E-state index >= 15 is 0 Å². The van der Waals surface area contributed by atoms with Crippen molar-refractivity contribution in [2.45, 2.75) is 19.8 Å². The molecule has 0 fully saturated rings. The minimum absolute atomic E-state index is 0. The fourth-order valence-electron chi connectivity index (χ4n) is 3.93. The van der Waals surface area contributed by atoms with Crippen molar-refractivity contribution in [2.75, 3.05) is 0 Å². The molecule has 0 N–H and O–H groups in total. The third-order valence-corrected chi connectivity index (χ3v) is 9.67. The SMILES string of the molecule is CC(C)c1ccc([P+](c2ccccc2)(c2ccccc2)c2ccccc2)cc1.[Cl-]. The van der Waals surface area contributed by atoms with Crippen molar-refractivity contribution in [3.8, 4) is 0 Å². The number of halogens is 1. The Morgan fingerprint density at radius 2 is 0.759 bits per heavy atom. The van der Waals surface area contributed by atoms with Crippen LogP contribution in [-0.4, -0.2) is 0 Å². The standard InChI is InChI=1S/C27H26P.ClH/c1-22(2)23-18-20-27(21-19-23)28(24-12-6-3-7-13-24,25-14-8-4-9-15-25)26-16-10-5-11-17-26;/h3-22H,1-2H3;1H/q+1;/p-1. The van der Waals surface area contributed by atoms with Gasteiger partial charge in [-0.15, -0.1) is 0 Å². The highest BCUT2D eigenvalue weighted by molar-refractivity contribution is 8.01. The van der Waals surface area contributed by atoms with E-state index in [9.17, 15) is 0 Å². The zero-order valence-corrected chi connectivity index (χ0v) is 18.5. The Balaban J connectivity index is 0.00000240. The van der Waals surface area contributed by atoms with Gasteiger partial charge in [0.25, 0.3) is 0 Å². The predicted octanol–water partition coefficient (Wildman–Crippen LogP) is 2.43. The normalized spacial score (nSPS) is 11.1. The molecule has 2 heteroatoms. The first-order valence-electron chi connectivity index (χ1n) is 9.89. The maximum absolute atomic E-state index is 2.36. The van der Waals surface area contributed by atoms with Crippen molar-refractivity contribution < 1.29 is 12.4 Å². The predicted molar refractivity (Wildman–Crippen MR) is 125 cm³/mol. The average molecular weight is 417 g/mol. The quantitative estimate of drug-likeness (QED) is 0.438. The number of benzene rings is 4. The summed E-state index contributed by atoms with van der Waals surface area (Å²) in [6.07, 6.45) is 0. The van der Waals surface area contributed by atoms with Gasteiger partial charge in [0, 0.05) is 0 Å². The summed E-state index contributed by atoms with van der Waals surface area (Å²) in [5.41, 5.74) is 1.39. The van der Waals surface area contributed by atoms with Crippen molar-refractivity contribution in [1.82, 2.24) is 0 Å². The van der Waals surface area contributed by atoms with Crippen LogP contribution in [0.1, 0.15) is 25.3 Å². The molecular weight excluding hydrogens is 391 g/mol. The second-order valence-corrected chi connectivity index (χ2v) is 10.8. The summed E-state index contributed by atoms with van der Waals surface area (Å²) in [4.78, 5) is 0. The maximum Gasteiger partial charge on any atom is 0.144 e. The van der Waals surface area contributed by atoms with Gasteiger partial charge in [-0.1, -0.05) is 80.6 Å². The highest BCUT2D eigenvalue weighted by Gasteiger charge is 2.47. The van der Waals surface area contributed by atoms with E-state index in [2.05, 4.69) is 129 Å². The van der Waals surface area contributed by atoms with Gasteiger partial charge in [-0.05, 0) is 60.0 Å². The lowest BCUT2D eigenvalue weighted by molar-refractivity contribution is -0.00000551. The smallest absolute Gasteiger partial charge is 0.144 e. The summed E-state index contributed by atoms with van der Waals surface area (Å²) in [5.74, 6) is 0.534. The molecule has 0 amide bonds. The molecule has 146 valence electrons. The van der Waals surface area contributed by atoms with Crippen molar-refractivity contribution in [3.05, 3.63) is 121 Å². The molecule has 0 aromatic heterocycles. The zero-order chi connectivity index (χ0) is 19.4. The summed E-state index contributed by atoms with van der Waals surface area (Å²) in [7, 11) is -1.96. The van der Waals surface area contributed by atoms with Crippen LogP contribution < -0.4 is 33.6 Å². The van der Waals surface area contributed by atoms with Crippen LogP contribution in [0.2, 0.25) is 0 Å². The Hall–Kier alpha value is -2.40. The van der Waals surface area contributed by atoms with E-state index in [1.807, 2.05) is 0 Å². The van der Waals surface area contributed by atoms with Gasteiger partial charge in [-0.2, -0.15) is 0 Å². The zero-order valence-electron chi connectivity index (χ0n) is 16.9. The molecule has 29 heavy (non-hydrogen) atoms. The summed E-state index contributed by atoms with van der Waals surface area (Å²) in [5, 5.41) is 5.58. The molecule has 0 bridgehead atoms. The minimum atomic E-state index is -1.96. The van der Waals surface area contributed by atoms with Gasteiger partial charge in [-0.3, -0.25) is 0 Å². The van der Waals surface area contributed by atoms with Crippen molar-refractivity contribution in [2.24, 2.45) is 0 Å². The molecule has 0 spiro atoms. The third-order valence-electron chi connectivity index (χ3n) is 5.38. The van der Waals surface area contributed by atoms with Gasteiger partial charge >= 0.3 is 0 Å². The molecule has 0 aliphatic carbocycles. The Morgan fingerprint density at radius 3 is 1.07 bits per heavy atom.